The van der Waals surface area contributed by atoms with E-state index in [0.717, 1.165) is 28.0 Å². The summed E-state index contributed by atoms with van der Waals surface area (Å²) in [5, 5.41) is 9.69. The van der Waals surface area contributed by atoms with Crippen molar-refractivity contribution in [2.45, 2.75) is 33.9 Å². The van der Waals surface area contributed by atoms with Crippen LogP contribution >= 0.6 is 22.9 Å². The molecule has 2 aromatic heterocycles. The lowest BCUT2D eigenvalue weighted by Crippen LogP contribution is -2.12. The predicted octanol–water partition coefficient (Wildman–Crippen LogP) is 5.80. The third kappa shape index (κ3) is 5.36. The van der Waals surface area contributed by atoms with Gasteiger partial charge in [-0.25, -0.2) is 9.67 Å². The lowest BCUT2D eigenvalue weighted by atomic mass is 10.1. The molecule has 0 saturated carbocycles. The Labute approximate surface area is 195 Å². The minimum atomic E-state index is -0.242. The number of hydrogen-bond donors (Lipinski definition) is 1. The van der Waals surface area contributed by atoms with Crippen LogP contribution in [-0.4, -0.2) is 20.7 Å². The van der Waals surface area contributed by atoms with Gasteiger partial charge in [-0.05, 0) is 61.0 Å². The quantitative estimate of drug-likeness (QED) is 0.374. The first-order valence-electron chi connectivity index (χ1n) is 10.1. The molecule has 6 nitrogen and oxygen atoms in total. The van der Waals surface area contributed by atoms with Gasteiger partial charge in [0, 0.05) is 10.6 Å². The van der Waals surface area contributed by atoms with Gasteiger partial charge in [-0.3, -0.25) is 10.1 Å². The summed E-state index contributed by atoms with van der Waals surface area (Å²) in [6.07, 6.45) is 1.59. The molecule has 0 saturated heterocycles. The molecule has 0 aliphatic carbocycles. The van der Waals surface area contributed by atoms with Crippen LogP contribution in [0.1, 0.15) is 37.5 Å². The van der Waals surface area contributed by atoms with Crippen molar-refractivity contribution in [2.24, 2.45) is 0 Å². The van der Waals surface area contributed by atoms with E-state index in [9.17, 15) is 4.79 Å². The third-order valence-corrected chi connectivity index (χ3v) is 6.11. The molecule has 0 bridgehead atoms. The average Bonchev–Trinajstić information content (AvgIpc) is 3.38. The highest BCUT2D eigenvalue weighted by Crippen LogP contribution is 2.26. The Morgan fingerprint density at radius 1 is 1.09 bits per heavy atom. The molecule has 0 unspecified atom stereocenters. The summed E-state index contributed by atoms with van der Waals surface area (Å²) in [6, 6.07) is 13.6. The van der Waals surface area contributed by atoms with Gasteiger partial charge < -0.3 is 4.74 Å². The first-order valence-corrected chi connectivity index (χ1v) is 11.4. The molecule has 4 aromatic rings. The van der Waals surface area contributed by atoms with Crippen molar-refractivity contribution in [2.75, 3.05) is 5.32 Å². The maximum Gasteiger partial charge on any atom is 0.268 e. The normalized spacial score (nSPS) is 10.9. The number of hydrogen-bond acceptors (Lipinski definition) is 5. The molecule has 0 aliphatic heterocycles. The molecular weight excluding hydrogens is 444 g/mol. The largest absolute Gasteiger partial charge is 0.488 e. The molecule has 0 atom stereocenters. The van der Waals surface area contributed by atoms with Crippen molar-refractivity contribution in [1.82, 2.24) is 14.8 Å². The first kappa shape index (κ1) is 22.0. The van der Waals surface area contributed by atoms with Crippen molar-refractivity contribution >= 4 is 34.8 Å². The van der Waals surface area contributed by atoms with E-state index in [4.69, 9.17) is 16.3 Å². The summed E-state index contributed by atoms with van der Waals surface area (Å²) in [7, 11) is 0. The number of thiophene rings is 1. The van der Waals surface area contributed by atoms with Crippen LogP contribution in [0.3, 0.4) is 0 Å². The molecular formula is C24H23ClN4O2S. The van der Waals surface area contributed by atoms with Crippen molar-refractivity contribution in [3.8, 4) is 5.75 Å². The molecule has 0 radical (unpaired) electrons. The van der Waals surface area contributed by atoms with Gasteiger partial charge >= 0.3 is 0 Å². The summed E-state index contributed by atoms with van der Waals surface area (Å²) in [5.74, 6) is 0.914. The molecule has 2 aromatic carbocycles. The number of amides is 1. The summed E-state index contributed by atoms with van der Waals surface area (Å²) in [6.45, 7) is 7.10. The standard InChI is InChI=1S/C24H23ClN4O2S/c1-15-8-16(2)22(17(3)9-15)31-12-19-10-21(32-13-19)23(30)27-24-26-14-29(28-24)11-18-4-6-20(25)7-5-18/h4-10,13-14H,11-12H2,1-3H3,(H,27,28,30). The highest BCUT2D eigenvalue weighted by molar-refractivity contribution is 7.12. The minimum absolute atomic E-state index is 0.242. The Kier molecular flexibility index (Phi) is 6.58. The smallest absolute Gasteiger partial charge is 0.268 e. The third-order valence-electron chi connectivity index (χ3n) is 4.89. The van der Waals surface area contributed by atoms with E-state index >= 15 is 0 Å². The Balaban J connectivity index is 1.35. The highest BCUT2D eigenvalue weighted by atomic mass is 35.5. The second-order valence-corrected chi connectivity index (χ2v) is 9.03. The molecule has 1 amide bonds. The Morgan fingerprint density at radius 3 is 2.53 bits per heavy atom. The number of rotatable bonds is 7. The maximum atomic E-state index is 12.6. The van der Waals surface area contributed by atoms with Gasteiger partial charge in [0.2, 0.25) is 5.95 Å². The number of ether oxygens (including phenoxy) is 1. The predicted molar refractivity (Wildman–Crippen MR) is 128 cm³/mol. The fourth-order valence-electron chi connectivity index (χ4n) is 3.49. The van der Waals surface area contributed by atoms with E-state index in [1.54, 1.807) is 11.0 Å². The van der Waals surface area contributed by atoms with Gasteiger partial charge in [0.25, 0.3) is 5.91 Å². The molecule has 0 aliphatic rings. The Bertz CT molecular complexity index is 1220. The number of carbonyl (C=O) groups is 1. The van der Waals surface area contributed by atoms with Crippen LogP contribution < -0.4 is 10.1 Å². The van der Waals surface area contributed by atoms with E-state index in [-0.39, 0.29) is 11.9 Å². The number of nitrogens with one attached hydrogen (secondary N) is 1. The Hall–Kier alpha value is -3.16. The van der Waals surface area contributed by atoms with Gasteiger partial charge in [-0.15, -0.1) is 16.4 Å². The first-order chi connectivity index (χ1) is 15.4. The SMILES string of the molecule is Cc1cc(C)c(OCc2csc(C(=O)Nc3ncn(Cc4ccc(Cl)cc4)n3)c2)c(C)c1. The number of nitrogens with zero attached hydrogens (tertiary/aromatic N) is 3. The molecule has 4 rings (SSSR count). The molecule has 1 N–H and O–H groups in total. The molecule has 0 spiro atoms. The van der Waals surface area contributed by atoms with E-state index in [1.807, 2.05) is 49.6 Å². The Morgan fingerprint density at radius 2 is 1.81 bits per heavy atom. The van der Waals surface area contributed by atoms with Gasteiger partial charge in [0.05, 0.1) is 11.4 Å². The summed E-state index contributed by atoms with van der Waals surface area (Å²) >= 11 is 7.28. The second kappa shape index (κ2) is 9.54. The number of aryl methyl sites for hydroxylation is 3. The number of halogens is 1. The van der Waals surface area contributed by atoms with E-state index in [1.165, 1.54) is 16.9 Å². The van der Waals surface area contributed by atoms with Crippen LogP contribution in [0.25, 0.3) is 0 Å². The van der Waals surface area contributed by atoms with Crippen LogP contribution in [0.15, 0.2) is 54.2 Å². The van der Waals surface area contributed by atoms with E-state index < -0.39 is 0 Å². The van der Waals surface area contributed by atoms with Crippen molar-refractivity contribution in [3.63, 3.8) is 0 Å². The topological polar surface area (TPSA) is 69.0 Å². The second-order valence-electron chi connectivity index (χ2n) is 7.68. The van der Waals surface area contributed by atoms with E-state index in [2.05, 4.69) is 34.5 Å². The fourth-order valence-corrected chi connectivity index (χ4v) is 4.41. The average molecular weight is 467 g/mol. The van der Waals surface area contributed by atoms with Crippen LogP contribution in [-0.2, 0) is 13.2 Å². The molecule has 0 fully saturated rings. The van der Waals surface area contributed by atoms with Gasteiger partial charge in [-0.1, -0.05) is 41.4 Å². The van der Waals surface area contributed by atoms with Gasteiger partial charge in [0.1, 0.15) is 18.7 Å². The summed E-state index contributed by atoms with van der Waals surface area (Å²) in [5.41, 5.74) is 5.41. The van der Waals surface area contributed by atoms with Crippen LogP contribution in [0.5, 0.6) is 5.75 Å². The number of anilines is 1. The molecule has 164 valence electrons. The lowest BCUT2D eigenvalue weighted by Gasteiger charge is -2.12. The monoisotopic (exact) mass is 466 g/mol. The molecule has 8 heteroatoms. The number of carbonyl (C=O) groups excluding carboxylic acids is 1. The summed E-state index contributed by atoms with van der Waals surface area (Å²) < 4.78 is 7.69. The van der Waals surface area contributed by atoms with Gasteiger partial charge in [0.15, 0.2) is 0 Å². The minimum Gasteiger partial charge on any atom is -0.488 e. The van der Waals surface area contributed by atoms with Crippen molar-refractivity contribution in [3.05, 3.63) is 91.9 Å². The van der Waals surface area contributed by atoms with E-state index in [0.29, 0.717) is 23.1 Å². The van der Waals surface area contributed by atoms with Crippen molar-refractivity contribution < 1.29 is 9.53 Å². The maximum absolute atomic E-state index is 12.6. The van der Waals surface area contributed by atoms with Crippen LogP contribution in [0, 0.1) is 20.8 Å². The lowest BCUT2D eigenvalue weighted by molar-refractivity contribution is 0.102. The zero-order chi connectivity index (χ0) is 22.7. The summed E-state index contributed by atoms with van der Waals surface area (Å²) in [4.78, 5) is 17.4. The van der Waals surface area contributed by atoms with Gasteiger partial charge in [-0.2, -0.15) is 0 Å². The molecule has 32 heavy (non-hydrogen) atoms. The molecule has 2 heterocycles. The zero-order valence-electron chi connectivity index (χ0n) is 18.1. The van der Waals surface area contributed by atoms with Crippen molar-refractivity contribution in [1.29, 1.82) is 0 Å². The zero-order valence-corrected chi connectivity index (χ0v) is 19.6. The van der Waals surface area contributed by atoms with Crippen LogP contribution in [0.2, 0.25) is 5.02 Å². The number of aromatic nitrogens is 3. The number of benzene rings is 2. The fraction of sp³-hybridized carbons (Fsp3) is 0.208. The van der Waals surface area contributed by atoms with Crippen LogP contribution in [0.4, 0.5) is 5.95 Å². The highest BCUT2D eigenvalue weighted by Gasteiger charge is 2.13.